The third-order valence-corrected chi connectivity index (χ3v) is 5.23. The highest BCUT2D eigenvalue weighted by molar-refractivity contribution is 9.10. The maximum absolute atomic E-state index is 5.45. The van der Waals surface area contributed by atoms with Crippen LogP contribution in [0.4, 0.5) is 0 Å². The summed E-state index contributed by atoms with van der Waals surface area (Å²) in [6.07, 6.45) is 2.26. The fraction of sp³-hybridized carbons (Fsp3) is 0.632. The molecule has 1 aliphatic heterocycles. The number of likely N-dealkylation sites (tertiary alicyclic amines) is 1. The third kappa shape index (κ3) is 6.96. The predicted molar refractivity (Wildman–Crippen MR) is 108 cm³/mol. The molecule has 0 unspecified atom stereocenters. The Balaban J connectivity index is 1.74. The molecule has 25 heavy (non-hydrogen) atoms. The molecule has 1 aromatic rings. The van der Waals surface area contributed by atoms with E-state index in [1.807, 2.05) is 7.05 Å². The van der Waals surface area contributed by atoms with Crippen LogP contribution in [-0.2, 0) is 11.3 Å². The first-order chi connectivity index (χ1) is 11.9. The second-order valence-electron chi connectivity index (χ2n) is 7.21. The summed E-state index contributed by atoms with van der Waals surface area (Å²) < 4.78 is 6.58. The zero-order chi connectivity index (χ0) is 18.3. The molecule has 0 radical (unpaired) electrons. The smallest absolute Gasteiger partial charge is 0.191 e. The summed E-state index contributed by atoms with van der Waals surface area (Å²) in [6, 6.07) is 9.08. The van der Waals surface area contributed by atoms with E-state index in [0.29, 0.717) is 6.04 Å². The zero-order valence-electron chi connectivity index (χ0n) is 15.8. The number of halogens is 1. The summed E-state index contributed by atoms with van der Waals surface area (Å²) in [5.74, 6) is 0.858. The van der Waals surface area contributed by atoms with E-state index in [1.165, 1.54) is 5.56 Å². The monoisotopic (exact) mass is 410 g/mol. The van der Waals surface area contributed by atoms with Crippen LogP contribution in [0.15, 0.2) is 33.7 Å². The summed E-state index contributed by atoms with van der Waals surface area (Å²) >= 11 is 3.49. The minimum atomic E-state index is -0.203. The van der Waals surface area contributed by atoms with E-state index in [0.717, 1.165) is 49.5 Å². The third-order valence-electron chi connectivity index (χ3n) is 4.71. The van der Waals surface area contributed by atoms with Gasteiger partial charge in [0.25, 0.3) is 0 Å². The number of guanidine groups is 1. The van der Waals surface area contributed by atoms with Crippen LogP contribution in [0.2, 0.25) is 0 Å². The molecular weight excluding hydrogens is 380 g/mol. The molecule has 0 bridgehead atoms. The number of rotatable bonds is 6. The van der Waals surface area contributed by atoms with Crippen LogP contribution < -0.4 is 10.6 Å². The van der Waals surface area contributed by atoms with Crippen LogP contribution in [0.1, 0.15) is 32.3 Å². The van der Waals surface area contributed by atoms with Crippen molar-refractivity contribution in [3.05, 3.63) is 34.3 Å². The van der Waals surface area contributed by atoms with Crippen molar-refractivity contribution in [2.45, 2.75) is 44.9 Å². The highest BCUT2D eigenvalue weighted by Crippen LogP contribution is 2.16. The highest BCUT2D eigenvalue weighted by atomic mass is 79.9. The Labute approximate surface area is 160 Å². The first-order valence-corrected chi connectivity index (χ1v) is 9.70. The Kier molecular flexibility index (Phi) is 7.72. The molecule has 1 fully saturated rings. The van der Waals surface area contributed by atoms with Crippen LogP contribution >= 0.6 is 15.9 Å². The van der Waals surface area contributed by atoms with Crippen molar-refractivity contribution in [3.63, 3.8) is 0 Å². The number of hydrogen-bond acceptors (Lipinski definition) is 3. The number of benzene rings is 1. The lowest BCUT2D eigenvalue weighted by molar-refractivity contribution is 0.0267. The number of aliphatic imine (C=N–C) groups is 1. The number of nitrogens with one attached hydrogen (secondary N) is 2. The van der Waals surface area contributed by atoms with Crippen molar-refractivity contribution in [2.24, 2.45) is 4.99 Å². The van der Waals surface area contributed by atoms with Gasteiger partial charge in [-0.1, -0.05) is 28.1 Å². The maximum Gasteiger partial charge on any atom is 0.191 e. The molecule has 140 valence electrons. The van der Waals surface area contributed by atoms with E-state index in [2.05, 4.69) is 74.6 Å². The lowest BCUT2D eigenvalue weighted by Gasteiger charge is -2.33. The Morgan fingerprint density at radius 1 is 1.28 bits per heavy atom. The molecule has 1 saturated heterocycles. The Hall–Kier alpha value is -1.11. The Morgan fingerprint density at radius 2 is 1.92 bits per heavy atom. The standard InChI is InChI=1S/C19H31BrN4O/c1-19(2,25-4)14-22-18(21-3)23-17-9-11-24(12-10-17)13-15-5-7-16(20)8-6-15/h5-8,17H,9-14H2,1-4H3,(H2,21,22,23). The molecule has 1 heterocycles. The molecule has 0 atom stereocenters. The van der Waals surface area contributed by atoms with Gasteiger partial charge in [-0.05, 0) is 44.4 Å². The van der Waals surface area contributed by atoms with E-state index >= 15 is 0 Å². The molecule has 1 aliphatic rings. The van der Waals surface area contributed by atoms with Crippen molar-refractivity contribution < 1.29 is 4.74 Å². The van der Waals surface area contributed by atoms with Gasteiger partial charge in [-0.15, -0.1) is 0 Å². The number of nitrogens with zero attached hydrogens (tertiary/aromatic N) is 2. The molecular formula is C19H31BrN4O. The van der Waals surface area contributed by atoms with E-state index < -0.39 is 0 Å². The van der Waals surface area contributed by atoms with Crippen LogP contribution in [0, 0.1) is 0 Å². The highest BCUT2D eigenvalue weighted by Gasteiger charge is 2.21. The Morgan fingerprint density at radius 3 is 2.48 bits per heavy atom. The largest absolute Gasteiger partial charge is 0.377 e. The van der Waals surface area contributed by atoms with E-state index in [-0.39, 0.29) is 5.60 Å². The summed E-state index contributed by atoms with van der Waals surface area (Å²) in [7, 11) is 3.55. The fourth-order valence-electron chi connectivity index (χ4n) is 2.84. The predicted octanol–water partition coefficient (Wildman–Crippen LogP) is 3.00. The average Bonchev–Trinajstić information content (AvgIpc) is 2.62. The summed E-state index contributed by atoms with van der Waals surface area (Å²) in [4.78, 5) is 6.85. The molecule has 0 aliphatic carbocycles. The number of ether oxygens (including phenoxy) is 1. The molecule has 0 amide bonds. The normalized spacial score (nSPS) is 17.6. The molecule has 6 heteroatoms. The van der Waals surface area contributed by atoms with Gasteiger partial charge in [-0.25, -0.2) is 0 Å². The Bertz CT molecular complexity index is 551. The molecule has 2 rings (SSSR count). The van der Waals surface area contributed by atoms with Gasteiger partial charge in [0.15, 0.2) is 5.96 Å². The molecule has 0 aromatic heterocycles. The van der Waals surface area contributed by atoms with Crippen molar-refractivity contribution >= 4 is 21.9 Å². The second kappa shape index (κ2) is 9.55. The van der Waals surface area contributed by atoms with Gasteiger partial charge < -0.3 is 15.4 Å². The first kappa shape index (κ1) is 20.2. The van der Waals surface area contributed by atoms with Crippen LogP contribution in [0.5, 0.6) is 0 Å². The van der Waals surface area contributed by atoms with E-state index in [9.17, 15) is 0 Å². The lowest BCUT2D eigenvalue weighted by Crippen LogP contribution is -2.51. The summed E-state index contributed by atoms with van der Waals surface area (Å²) in [5, 5.41) is 6.90. The topological polar surface area (TPSA) is 48.9 Å². The van der Waals surface area contributed by atoms with Gasteiger partial charge in [0.2, 0.25) is 0 Å². The van der Waals surface area contributed by atoms with Crippen LogP contribution in [-0.4, -0.2) is 56.3 Å². The minimum absolute atomic E-state index is 0.203. The van der Waals surface area contributed by atoms with Crippen molar-refractivity contribution in [1.82, 2.24) is 15.5 Å². The summed E-state index contributed by atoms with van der Waals surface area (Å²) in [6.45, 7) is 8.09. The quantitative estimate of drug-likeness (QED) is 0.558. The first-order valence-electron chi connectivity index (χ1n) is 8.91. The molecule has 2 N–H and O–H groups in total. The van der Waals surface area contributed by atoms with E-state index in [4.69, 9.17) is 4.74 Å². The average molecular weight is 411 g/mol. The molecule has 5 nitrogen and oxygen atoms in total. The molecule has 1 aromatic carbocycles. The molecule has 0 saturated carbocycles. The SMILES string of the molecule is CN=C(NCC(C)(C)OC)NC1CCN(Cc2ccc(Br)cc2)CC1. The van der Waals surface area contributed by atoms with Crippen molar-refractivity contribution in [3.8, 4) is 0 Å². The second-order valence-corrected chi connectivity index (χ2v) is 8.13. The van der Waals surface area contributed by atoms with Gasteiger partial charge in [0.1, 0.15) is 0 Å². The zero-order valence-corrected chi connectivity index (χ0v) is 17.4. The number of methoxy groups -OCH3 is 1. The lowest BCUT2D eigenvalue weighted by atomic mass is 10.0. The fourth-order valence-corrected chi connectivity index (χ4v) is 3.10. The van der Waals surface area contributed by atoms with Crippen LogP contribution in [0.25, 0.3) is 0 Å². The number of hydrogen-bond donors (Lipinski definition) is 2. The number of piperidine rings is 1. The van der Waals surface area contributed by atoms with Gasteiger partial charge in [-0.2, -0.15) is 0 Å². The van der Waals surface area contributed by atoms with Crippen molar-refractivity contribution in [1.29, 1.82) is 0 Å². The van der Waals surface area contributed by atoms with Crippen molar-refractivity contribution in [2.75, 3.05) is 33.8 Å². The maximum atomic E-state index is 5.45. The van der Waals surface area contributed by atoms with Crippen LogP contribution in [0.3, 0.4) is 0 Å². The van der Waals surface area contributed by atoms with Gasteiger partial charge in [0.05, 0.1) is 5.60 Å². The van der Waals surface area contributed by atoms with E-state index in [1.54, 1.807) is 7.11 Å². The minimum Gasteiger partial charge on any atom is -0.377 e. The van der Waals surface area contributed by atoms with Gasteiger partial charge in [0, 0.05) is 50.9 Å². The summed E-state index contributed by atoms with van der Waals surface area (Å²) in [5.41, 5.74) is 1.17. The van der Waals surface area contributed by atoms with Gasteiger partial charge >= 0.3 is 0 Å². The van der Waals surface area contributed by atoms with Gasteiger partial charge in [-0.3, -0.25) is 9.89 Å². The molecule has 0 spiro atoms.